The molecule has 4 rings (SSSR count). The molecule has 2 saturated heterocycles. The van der Waals surface area contributed by atoms with Crippen LogP contribution in [0.3, 0.4) is 0 Å². The van der Waals surface area contributed by atoms with Crippen LogP contribution in [-0.2, 0) is 4.79 Å². The standard InChI is InChI=1S/C25H29FN2O5/c1-25(31)11-13-28(17-22(25)33-21-5-2-4-19(26)16-21)24(30)18-7-9-20(10-8-18)32-15-14-27-12-3-6-23(27)29/h2,4-5,7-10,16,22,31H,3,6,11-15,17H2,1H3/t22-,25-/m0/s1. The summed E-state index contributed by atoms with van der Waals surface area (Å²) in [5, 5.41) is 10.8. The van der Waals surface area contributed by atoms with Crippen LogP contribution in [0.15, 0.2) is 48.5 Å². The highest BCUT2D eigenvalue weighted by Gasteiger charge is 2.41. The lowest BCUT2D eigenvalue weighted by Crippen LogP contribution is -2.57. The van der Waals surface area contributed by atoms with Crippen molar-refractivity contribution in [1.82, 2.24) is 9.80 Å². The van der Waals surface area contributed by atoms with E-state index in [1.807, 2.05) is 0 Å². The Morgan fingerprint density at radius 3 is 2.67 bits per heavy atom. The van der Waals surface area contributed by atoms with Gasteiger partial charge < -0.3 is 24.4 Å². The van der Waals surface area contributed by atoms with Crippen LogP contribution in [0.5, 0.6) is 11.5 Å². The fourth-order valence-electron chi connectivity index (χ4n) is 4.15. The van der Waals surface area contributed by atoms with Crippen LogP contribution in [-0.4, -0.2) is 71.2 Å². The first-order valence-electron chi connectivity index (χ1n) is 11.3. The third-order valence-corrected chi connectivity index (χ3v) is 6.23. The topological polar surface area (TPSA) is 79.3 Å². The van der Waals surface area contributed by atoms with Gasteiger partial charge in [-0.3, -0.25) is 9.59 Å². The minimum absolute atomic E-state index is 0.166. The molecule has 0 unspecified atom stereocenters. The molecule has 7 nitrogen and oxygen atoms in total. The number of rotatable bonds is 7. The first kappa shape index (κ1) is 23.0. The second-order valence-electron chi connectivity index (χ2n) is 8.78. The molecule has 1 N–H and O–H groups in total. The molecule has 2 atom stereocenters. The lowest BCUT2D eigenvalue weighted by molar-refractivity contribution is -0.128. The van der Waals surface area contributed by atoms with E-state index in [1.54, 1.807) is 47.1 Å². The summed E-state index contributed by atoms with van der Waals surface area (Å²) in [7, 11) is 0. The van der Waals surface area contributed by atoms with Crippen molar-refractivity contribution in [2.75, 3.05) is 32.8 Å². The van der Waals surface area contributed by atoms with Gasteiger partial charge in [0.25, 0.3) is 5.91 Å². The first-order valence-corrected chi connectivity index (χ1v) is 11.3. The smallest absolute Gasteiger partial charge is 0.253 e. The number of benzene rings is 2. The average Bonchev–Trinajstić information content (AvgIpc) is 3.20. The van der Waals surface area contributed by atoms with Gasteiger partial charge in [0.15, 0.2) is 0 Å². The van der Waals surface area contributed by atoms with E-state index in [4.69, 9.17) is 9.47 Å². The van der Waals surface area contributed by atoms with E-state index in [0.29, 0.717) is 49.6 Å². The lowest BCUT2D eigenvalue weighted by Gasteiger charge is -2.42. The number of halogens is 1. The van der Waals surface area contributed by atoms with E-state index in [2.05, 4.69) is 0 Å². The van der Waals surface area contributed by atoms with Gasteiger partial charge in [0.2, 0.25) is 5.91 Å². The summed E-state index contributed by atoms with van der Waals surface area (Å²) in [4.78, 5) is 28.1. The maximum Gasteiger partial charge on any atom is 0.253 e. The molecule has 2 heterocycles. The molecule has 176 valence electrons. The van der Waals surface area contributed by atoms with Crippen molar-refractivity contribution in [3.63, 3.8) is 0 Å². The quantitative estimate of drug-likeness (QED) is 0.693. The number of hydrogen-bond acceptors (Lipinski definition) is 5. The van der Waals surface area contributed by atoms with Crippen LogP contribution in [0.2, 0.25) is 0 Å². The summed E-state index contributed by atoms with van der Waals surface area (Å²) < 4.78 is 25.1. The van der Waals surface area contributed by atoms with Gasteiger partial charge in [-0.05, 0) is 56.2 Å². The Morgan fingerprint density at radius 2 is 1.97 bits per heavy atom. The number of nitrogens with zero attached hydrogens (tertiary/aromatic N) is 2. The highest BCUT2D eigenvalue weighted by molar-refractivity contribution is 5.94. The van der Waals surface area contributed by atoms with Crippen LogP contribution >= 0.6 is 0 Å². The number of amides is 2. The molecule has 0 bridgehead atoms. The average molecular weight is 457 g/mol. The largest absolute Gasteiger partial charge is 0.492 e. The number of ether oxygens (including phenoxy) is 2. The van der Waals surface area contributed by atoms with Gasteiger partial charge in [0.1, 0.15) is 35.6 Å². The summed E-state index contributed by atoms with van der Waals surface area (Å²) in [6.45, 7) is 3.98. The monoisotopic (exact) mass is 456 g/mol. The van der Waals surface area contributed by atoms with E-state index in [0.717, 1.165) is 13.0 Å². The summed E-state index contributed by atoms with van der Waals surface area (Å²) in [5.41, 5.74) is -0.638. The Labute approximate surface area is 192 Å². The summed E-state index contributed by atoms with van der Waals surface area (Å²) in [6, 6.07) is 12.6. The number of hydrogen-bond donors (Lipinski definition) is 1. The molecule has 0 aromatic heterocycles. The first-order chi connectivity index (χ1) is 15.8. The summed E-state index contributed by atoms with van der Waals surface area (Å²) >= 11 is 0. The Hall–Kier alpha value is -3.13. The van der Waals surface area contributed by atoms with Crippen molar-refractivity contribution < 1.29 is 28.6 Å². The summed E-state index contributed by atoms with van der Waals surface area (Å²) in [6.07, 6.45) is 1.16. The number of piperidine rings is 1. The predicted molar refractivity (Wildman–Crippen MR) is 120 cm³/mol. The third-order valence-electron chi connectivity index (χ3n) is 6.23. The number of carbonyl (C=O) groups is 2. The summed E-state index contributed by atoms with van der Waals surface area (Å²) in [5.74, 6) is 0.510. The maximum atomic E-state index is 13.5. The Bertz CT molecular complexity index is 995. The van der Waals surface area contributed by atoms with Crippen LogP contribution < -0.4 is 9.47 Å². The zero-order valence-corrected chi connectivity index (χ0v) is 18.7. The van der Waals surface area contributed by atoms with Crippen molar-refractivity contribution in [3.8, 4) is 11.5 Å². The fraction of sp³-hybridized carbons (Fsp3) is 0.440. The molecule has 0 saturated carbocycles. The maximum absolute atomic E-state index is 13.5. The highest BCUT2D eigenvalue weighted by atomic mass is 19.1. The second kappa shape index (κ2) is 9.79. The minimum atomic E-state index is -1.14. The molecule has 0 aliphatic carbocycles. The molecule has 0 radical (unpaired) electrons. The van der Waals surface area contributed by atoms with Gasteiger partial charge in [-0.2, -0.15) is 0 Å². The highest BCUT2D eigenvalue weighted by Crippen LogP contribution is 2.28. The van der Waals surface area contributed by atoms with E-state index in [9.17, 15) is 19.1 Å². The van der Waals surface area contributed by atoms with Crippen LogP contribution in [0.25, 0.3) is 0 Å². The molecule has 8 heteroatoms. The van der Waals surface area contributed by atoms with E-state index in [-0.39, 0.29) is 18.4 Å². The Kier molecular flexibility index (Phi) is 6.83. The van der Waals surface area contributed by atoms with Crippen molar-refractivity contribution >= 4 is 11.8 Å². The molecule has 2 aromatic rings. The molecule has 2 aliphatic rings. The minimum Gasteiger partial charge on any atom is -0.492 e. The third kappa shape index (κ3) is 5.63. The zero-order chi connectivity index (χ0) is 23.4. The van der Waals surface area contributed by atoms with Crippen LogP contribution in [0.1, 0.15) is 36.5 Å². The van der Waals surface area contributed by atoms with E-state index in [1.165, 1.54) is 18.2 Å². The van der Waals surface area contributed by atoms with Gasteiger partial charge in [0, 0.05) is 31.1 Å². The molecule has 2 aromatic carbocycles. The molecule has 2 aliphatic heterocycles. The van der Waals surface area contributed by atoms with Crippen LogP contribution in [0.4, 0.5) is 4.39 Å². The molecular formula is C25H29FN2O5. The second-order valence-corrected chi connectivity index (χ2v) is 8.78. The number of likely N-dealkylation sites (tertiary alicyclic amines) is 2. The lowest BCUT2D eigenvalue weighted by atomic mass is 9.90. The molecular weight excluding hydrogens is 427 g/mol. The van der Waals surface area contributed by atoms with E-state index < -0.39 is 17.5 Å². The molecule has 2 fully saturated rings. The number of aliphatic hydroxyl groups is 1. The number of carbonyl (C=O) groups excluding carboxylic acids is 2. The van der Waals surface area contributed by atoms with Gasteiger partial charge in [-0.25, -0.2) is 4.39 Å². The van der Waals surface area contributed by atoms with Crippen molar-refractivity contribution in [1.29, 1.82) is 0 Å². The van der Waals surface area contributed by atoms with Gasteiger partial charge in [0.05, 0.1) is 13.1 Å². The van der Waals surface area contributed by atoms with Gasteiger partial charge in [-0.1, -0.05) is 6.07 Å². The van der Waals surface area contributed by atoms with Crippen LogP contribution in [0, 0.1) is 5.82 Å². The Balaban J connectivity index is 1.34. The SMILES string of the molecule is C[C@]1(O)CCN(C(=O)c2ccc(OCCN3CCCC3=O)cc2)C[C@@H]1Oc1cccc(F)c1. The van der Waals surface area contributed by atoms with Gasteiger partial charge >= 0.3 is 0 Å². The fourth-order valence-corrected chi connectivity index (χ4v) is 4.15. The van der Waals surface area contributed by atoms with Crippen molar-refractivity contribution in [2.24, 2.45) is 0 Å². The Morgan fingerprint density at radius 1 is 1.18 bits per heavy atom. The predicted octanol–water partition coefficient (Wildman–Crippen LogP) is 2.87. The normalized spacial score (nSPS) is 23.0. The van der Waals surface area contributed by atoms with Gasteiger partial charge in [-0.15, -0.1) is 0 Å². The zero-order valence-electron chi connectivity index (χ0n) is 18.7. The van der Waals surface area contributed by atoms with E-state index >= 15 is 0 Å². The van der Waals surface area contributed by atoms with Crippen molar-refractivity contribution in [3.05, 3.63) is 59.9 Å². The molecule has 33 heavy (non-hydrogen) atoms. The van der Waals surface area contributed by atoms with Crippen molar-refractivity contribution in [2.45, 2.75) is 37.9 Å². The molecule has 0 spiro atoms. The molecule has 2 amide bonds.